The number of amides is 1. The van der Waals surface area contributed by atoms with Crippen LogP contribution in [0.5, 0.6) is 0 Å². The number of halogens is 1. The fourth-order valence-corrected chi connectivity index (χ4v) is 4.09. The van der Waals surface area contributed by atoms with Gasteiger partial charge in [-0.25, -0.2) is 4.98 Å². The van der Waals surface area contributed by atoms with Gasteiger partial charge in [0.05, 0.1) is 11.6 Å². The number of benzene rings is 2. The molecule has 2 aromatic carbocycles. The summed E-state index contributed by atoms with van der Waals surface area (Å²) >= 11 is 7.40. The first kappa shape index (κ1) is 18.4. The zero-order valence-electron chi connectivity index (χ0n) is 14.8. The number of hydrogen-bond acceptors (Lipinski definition) is 5. The van der Waals surface area contributed by atoms with Crippen LogP contribution in [0.4, 0.5) is 5.13 Å². The highest BCUT2D eigenvalue weighted by atomic mass is 35.5. The van der Waals surface area contributed by atoms with Gasteiger partial charge in [-0.2, -0.15) is 0 Å². The average molecular weight is 411 g/mol. The number of aliphatic hydroxyl groups excluding tert-OH is 1. The molecule has 0 spiro atoms. The third-order valence-electron chi connectivity index (χ3n) is 4.56. The first-order valence-electron chi connectivity index (χ1n) is 8.50. The van der Waals surface area contributed by atoms with Crippen molar-refractivity contribution in [2.75, 3.05) is 4.90 Å². The summed E-state index contributed by atoms with van der Waals surface area (Å²) in [6.45, 7) is 1.93. The molecule has 28 heavy (non-hydrogen) atoms. The van der Waals surface area contributed by atoms with Gasteiger partial charge in [0, 0.05) is 22.2 Å². The molecule has 0 radical (unpaired) electrons. The van der Waals surface area contributed by atoms with Gasteiger partial charge >= 0.3 is 5.91 Å². The Bertz CT molecular complexity index is 1090. The monoisotopic (exact) mass is 410 g/mol. The van der Waals surface area contributed by atoms with Crippen LogP contribution < -0.4 is 4.90 Å². The van der Waals surface area contributed by atoms with Crippen LogP contribution in [0.15, 0.2) is 65.7 Å². The van der Waals surface area contributed by atoms with Gasteiger partial charge in [-0.1, -0.05) is 53.6 Å². The van der Waals surface area contributed by atoms with E-state index in [-0.39, 0.29) is 11.3 Å². The highest BCUT2D eigenvalue weighted by Crippen LogP contribution is 2.43. The number of aliphatic hydroxyl groups is 1. The fraction of sp³-hybridized carbons (Fsp3) is 0.0952. The van der Waals surface area contributed by atoms with E-state index in [9.17, 15) is 14.7 Å². The van der Waals surface area contributed by atoms with Gasteiger partial charge in [0.25, 0.3) is 5.78 Å². The molecule has 0 aliphatic carbocycles. The highest BCUT2D eigenvalue weighted by molar-refractivity contribution is 7.14. The van der Waals surface area contributed by atoms with Crippen molar-refractivity contribution in [3.05, 3.63) is 87.4 Å². The number of aryl methyl sites for hydroxylation is 1. The third-order valence-corrected chi connectivity index (χ3v) is 5.57. The van der Waals surface area contributed by atoms with Gasteiger partial charge in [0.1, 0.15) is 5.76 Å². The molecule has 4 rings (SSSR count). The van der Waals surface area contributed by atoms with Crippen LogP contribution in [0, 0.1) is 6.92 Å². The molecule has 1 N–H and O–H groups in total. The molecule has 1 fully saturated rings. The van der Waals surface area contributed by atoms with Crippen molar-refractivity contribution >= 4 is 45.5 Å². The van der Waals surface area contributed by atoms with Crippen LogP contribution in [0.25, 0.3) is 5.76 Å². The van der Waals surface area contributed by atoms with Crippen molar-refractivity contribution < 1.29 is 14.7 Å². The normalized spacial score (nSPS) is 18.6. The number of carbonyl (C=O) groups is 2. The Balaban J connectivity index is 1.95. The molecule has 140 valence electrons. The Morgan fingerprint density at radius 1 is 1.18 bits per heavy atom. The van der Waals surface area contributed by atoms with Gasteiger partial charge in [0.15, 0.2) is 5.13 Å². The molecule has 1 aliphatic heterocycles. The van der Waals surface area contributed by atoms with Gasteiger partial charge in [-0.3, -0.25) is 14.5 Å². The zero-order chi connectivity index (χ0) is 19.8. The Kier molecular flexibility index (Phi) is 4.75. The summed E-state index contributed by atoms with van der Waals surface area (Å²) in [6, 6.07) is 13.2. The van der Waals surface area contributed by atoms with Gasteiger partial charge in [0.2, 0.25) is 0 Å². The molecule has 3 aromatic rings. The van der Waals surface area contributed by atoms with Crippen LogP contribution in [0.3, 0.4) is 0 Å². The molecule has 1 aliphatic rings. The molecule has 1 amide bonds. The Morgan fingerprint density at radius 2 is 1.93 bits per heavy atom. The summed E-state index contributed by atoms with van der Waals surface area (Å²) in [5.74, 6) is -1.70. The number of rotatable bonds is 3. The third kappa shape index (κ3) is 3.10. The summed E-state index contributed by atoms with van der Waals surface area (Å²) in [4.78, 5) is 31.2. The van der Waals surface area contributed by atoms with E-state index in [1.165, 1.54) is 16.2 Å². The van der Waals surface area contributed by atoms with Crippen LogP contribution >= 0.6 is 22.9 Å². The summed E-state index contributed by atoms with van der Waals surface area (Å²) in [5.41, 5.74) is 2.13. The fourth-order valence-electron chi connectivity index (χ4n) is 3.22. The van der Waals surface area contributed by atoms with Gasteiger partial charge < -0.3 is 5.11 Å². The number of anilines is 1. The lowest BCUT2D eigenvalue weighted by atomic mass is 9.95. The first-order valence-corrected chi connectivity index (χ1v) is 9.76. The number of ketones is 1. The number of hydrogen-bond donors (Lipinski definition) is 1. The minimum absolute atomic E-state index is 0.0197. The number of nitrogens with zero attached hydrogens (tertiary/aromatic N) is 2. The molecule has 1 atom stereocenters. The summed E-state index contributed by atoms with van der Waals surface area (Å²) in [7, 11) is 0. The average Bonchev–Trinajstić information content (AvgIpc) is 3.29. The quantitative estimate of drug-likeness (QED) is 0.385. The minimum Gasteiger partial charge on any atom is -0.507 e. The second-order valence-electron chi connectivity index (χ2n) is 6.40. The summed E-state index contributed by atoms with van der Waals surface area (Å²) in [6.07, 6.45) is 1.56. The molecule has 0 saturated carbocycles. The van der Waals surface area contributed by atoms with Gasteiger partial charge in [-0.05, 0) is 24.6 Å². The maximum Gasteiger partial charge on any atom is 0.301 e. The van der Waals surface area contributed by atoms with Crippen LogP contribution in [-0.4, -0.2) is 21.8 Å². The second-order valence-corrected chi connectivity index (χ2v) is 7.71. The predicted octanol–water partition coefficient (Wildman–Crippen LogP) is 4.73. The molecule has 1 unspecified atom stereocenters. The van der Waals surface area contributed by atoms with Crippen molar-refractivity contribution in [1.29, 1.82) is 0 Å². The lowest BCUT2D eigenvalue weighted by Gasteiger charge is -2.23. The van der Waals surface area contributed by atoms with E-state index in [2.05, 4.69) is 4.98 Å². The summed E-state index contributed by atoms with van der Waals surface area (Å²) < 4.78 is 0. The van der Waals surface area contributed by atoms with Crippen LogP contribution in [0.2, 0.25) is 5.02 Å². The van der Waals surface area contributed by atoms with E-state index < -0.39 is 17.7 Å². The van der Waals surface area contributed by atoms with E-state index in [1.807, 2.05) is 19.1 Å². The maximum absolute atomic E-state index is 12.9. The standard InChI is InChI=1S/C21H15ClN2O3S/c1-12-5-7-13(8-6-12)18(25)16-17(14-3-2-4-15(22)11-14)24(20(27)19(16)26)21-23-9-10-28-21/h2-11,17,25H,1H3/b18-16+. The van der Waals surface area contributed by atoms with E-state index in [0.29, 0.717) is 21.3 Å². The van der Waals surface area contributed by atoms with Crippen molar-refractivity contribution in [3.63, 3.8) is 0 Å². The van der Waals surface area contributed by atoms with Crippen LogP contribution in [-0.2, 0) is 9.59 Å². The number of thiazole rings is 1. The zero-order valence-corrected chi connectivity index (χ0v) is 16.4. The molecule has 0 bridgehead atoms. The predicted molar refractivity (Wildman–Crippen MR) is 110 cm³/mol. The number of Topliss-reactive ketones (excluding diaryl/α,β-unsaturated/α-hetero) is 1. The van der Waals surface area contributed by atoms with E-state index in [0.717, 1.165) is 5.56 Å². The summed E-state index contributed by atoms with van der Waals surface area (Å²) in [5, 5.41) is 13.5. The van der Waals surface area contributed by atoms with E-state index >= 15 is 0 Å². The van der Waals surface area contributed by atoms with Gasteiger partial charge in [-0.15, -0.1) is 11.3 Å². The van der Waals surface area contributed by atoms with Crippen molar-refractivity contribution in [3.8, 4) is 0 Å². The maximum atomic E-state index is 12.9. The lowest BCUT2D eigenvalue weighted by Crippen LogP contribution is -2.29. The molecular weight excluding hydrogens is 396 g/mol. The minimum atomic E-state index is -0.814. The van der Waals surface area contributed by atoms with Crippen molar-refractivity contribution in [2.24, 2.45) is 0 Å². The van der Waals surface area contributed by atoms with Crippen LogP contribution in [0.1, 0.15) is 22.7 Å². The smallest absolute Gasteiger partial charge is 0.301 e. The Hall–Kier alpha value is -2.96. The first-order chi connectivity index (χ1) is 13.5. The van der Waals surface area contributed by atoms with E-state index in [1.54, 1.807) is 48.0 Å². The second kappa shape index (κ2) is 7.22. The molecule has 5 nitrogen and oxygen atoms in total. The Labute approximate surface area is 170 Å². The topological polar surface area (TPSA) is 70.5 Å². The number of carbonyl (C=O) groups excluding carboxylic acids is 2. The van der Waals surface area contributed by atoms with Crippen molar-refractivity contribution in [1.82, 2.24) is 4.98 Å². The largest absolute Gasteiger partial charge is 0.507 e. The molecule has 2 heterocycles. The molecule has 7 heteroatoms. The molecule has 1 saturated heterocycles. The lowest BCUT2D eigenvalue weighted by molar-refractivity contribution is -0.132. The number of aromatic nitrogens is 1. The SMILES string of the molecule is Cc1ccc(/C(O)=C2\C(=O)C(=O)N(c3nccs3)C2c2cccc(Cl)c2)cc1. The highest BCUT2D eigenvalue weighted by Gasteiger charge is 2.47. The Morgan fingerprint density at radius 3 is 2.57 bits per heavy atom. The molecular formula is C21H15ClN2O3S. The van der Waals surface area contributed by atoms with E-state index in [4.69, 9.17) is 11.6 Å². The van der Waals surface area contributed by atoms with Crippen molar-refractivity contribution in [2.45, 2.75) is 13.0 Å². The molecule has 1 aromatic heterocycles.